The zero-order valence-electron chi connectivity index (χ0n) is 36.2. The fourth-order valence-corrected chi connectivity index (χ4v) is 7.55. The van der Waals surface area contributed by atoms with Gasteiger partial charge >= 0.3 is 0 Å². The number of benzene rings is 8. The molecule has 2 N–H and O–H groups in total. The second-order valence-electron chi connectivity index (χ2n) is 14.7. The van der Waals surface area contributed by atoms with Crippen LogP contribution < -0.4 is 0 Å². The molecule has 9 aromatic rings. The first kappa shape index (κ1) is 43.7. The largest absolute Gasteiger partial charge is 0.507 e. The van der Waals surface area contributed by atoms with Gasteiger partial charge in [0.2, 0.25) is 0 Å². The molecule has 2 heteroatoms. The molecule has 10 rings (SSSR count). The van der Waals surface area contributed by atoms with Gasteiger partial charge in [0.05, 0.1) is 0 Å². The molecule has 0 spiro atoms. The van der Waals surface area contributed by atoms with Crippen molar-refractivity contribution in [3.05, 3.63) is 216 Å². The van der Waals surface area contributed by atoms with E-state index >= 15 is 0 Å². The SMILES string of the molecule is C1=C(c2c[nH]c3ccccc23)c2ccccc2C1.CC.CC.CC(C)c1cccc2ccccc12.CC(C)c1cccc2ccccc12.Oc1cccc2ccccc12. The maximum absolute atomic E-state index is 9.37. The first-order chi connectivity index (χ1) is 28.9. The number of allylic oxidation sites excluding steroid dienone is 1. The third-order valence-corrected chi connectivity index (χ3v) is 10.4. The quantitative estimate of drug-likeness (QED) is 0.184. The Balaban J connectivity index is 0.000000148. The van der Waals surface area contributed by atoms with E-state index in [-0.39, 0.29) is 0 Å². The highest BCUT2D eigenvalue weighted by atomic mass is 16.3. The standard InChI is InChI=1S/C17H13N.2C13H14.C10H8O.2C2H6/c1-2-6-13-12(5-1)9-10-14(13)16-11-18-17-8-4-3-7-15(16)17;2*1-10(2)12-9-5-7-11-6-3-4-8-13(11)12;11-10-7-3-5-8-4-1-2-6-9(8)10;2*1-2/h1-8,10-11,18H,9H2;2*3-10H,1-2H3;1-7,11H;2*1-2H3. The van der Waals surface area contributed by atoms with Crippen molar-refractivity contribution >= 4 is 48.8 Å². The molecule has 0 atom stereocenters. The molecular weight excluding hydrogens is 715 g/mol. The van der Waals surface area contributed by atoms with E-state index in [9.17, 15) is 5.11 Å². The van der Waals surface area contributed by atoms with Crippen LogP contribution in [-0.2, 0) is 6.42 Å². The van der Waals surface area contributed by atoms with E-state index in [1.165, 1.54) is 65.8 Å². The van der Waals surface area contributed by atoms with Gasteiger partial charge in [0.25, 0.3) is 0 Å². The Morgan fingerprint density at radius 2 is 0.847 bits per heavy atom. The summed E-state index contributed by atoms with van der Waals surface area (Å²) in [6.07, 6.45) is 5.50. The van der Waals surface area contributed by atoms with Crippen LogP contribution in [0.15, 0.2) is 188 Å². The Kier molecular flexibility index (Phi) is 16.3. The van der Waals surface area contributed by atoms with Gasteiger partial charge in [-0.15, -0.1) is 0 Å². The molecule has 2 nitrogen and oxygen atoms in total. The van der Waals surface area contributed by atoms with Crippen molar-refractivity contribution in [1.82, 2.24) is 4.98 Å². The molecule has 59 heavy (non-hydrogen) atoms. The molecule has 1 aliphatic carbocycles. The van der Waals surface area contributed by atoms with Gasteiger partial charge in [-0.05, 0) is 85.1 Å². The number of aromatic amines is 1. The number of para-hydroxylation sites is 1. The number of aromatic hydroxyl groups is 1. The van der Waals surface area contributed by atoms with Crippen molar-refractivity contribution in [1.29, 1.82) is 0 Å². The minimum Gasteiger partial charge on any atom is -0.507 e. The zero-order chi connectivity index (χ0) is 42.1. The lowest BCUT2D eigenvalue weighted by atomic mass is 9.96. The third-order valence-electron chi connectivity index (χ3n) is 10.4. The second-order valence-corrected chi connectivity index (χ2v) is 14.7. The van der Waals surface area contributed by atoms with Crippen LogP contribution >= 0.6 is 0 Å². The van der Waals surface area contributed by atoms with Crippen LogP contribution in [0.25, 0.3) is 48.8 Å². The van der Waals surface area contributed by atoms with E-state index in [4.69, 9.17) is 0 Å². The minimum absolute atomic E-state index is 0.350. The minimum atomic E-state index is 0.350. The summed E-state index contributed by atoms with van der Waals surface area (Å²) in [5, 5.41) is 18.1. The monoisotopic (exact) mass is 775 g/mol. The van der Waals surface area contributed by atoms with E-state index in [1.807, 2.05) is 64.1 Å². The molecule has 8 aromatic carbocycles. The molecular formula is C57H61NO. The van der Waals surface area contributed by atoms with Crippen LogP contribution in [0.5, 0.6) is 5.75 Å². The van der Waals surface area contributed by atoms with Gasteiger partial charge in [-0.3, -0.25) is 0 Å². The molecule has 0 amide bonds. The Labute approximate surface area is 352 Å². The van der Waals surface area contributed by atoms with Crippen molar-refractivity contribution in [3.63, 3.8) is 0 Å². The third kappa shape index (κ3) is 10.8. The topological polar surface area (TPSA) is 36.0 Å². The van der Waals surface area contributed by atoms with Crippen LogP contribution in [0.4, 0.5) is 0 Å². The van der Waals surface area contributed by atoms with E-state index in [0.717, 1.165) is 17.2 Å². The molecule has 0 unspecified atom stereocenters. The van der Waals surface area contributed by atoms with Crippen molar-refractivity contribution < 1.29 is 5.11 Å². The van der Waals surface area contributed by atoms with Gasteiger partial charge in [-0.25, -0.2) is 0 Å². The van der Waals surface area contributed by atoms with E-state index < -0.39 is 0 Å². The molecule has 0 bridgehead atoms. The molecule has 1 aliphatic rings. The first-order valence-corrected chi connectivity index (χ1v) is 21.4. The average molecular weight is 776 g/mol. The molecule has 0 aliphatic heterocycles. The number of aromatic nitrogens is 1. The number of H-pyrrole nitrogens is 1. The lowest BCUT2D eigenvalue weighted by molar-refractivity contribution is 0.481. The van der Waals surface area contributed by atoms with E-state index in [2.05, 4.69) is 178 Å². The van der Waals surface area contributed by atoms with E-state index in [0.29, 0.717) is 17.6 Å². The number of phenols is 1. The molecule has 300 valence electrons. The Morgan fingerprint density at radius 3 is 1.39 bits per heavy atom. The van der Waals surface area contributed by atoms with Gasteiger partial charge in [0.15, 0.2) is 0 Å². The normalized spacial score (nSPS) is 11.1. The number of nitrogens with one attached hydrogen (secondary N) is 1. The molecule has 0 saturated carbocycles. The zero-order valence-corrected chi connectivity index (χ0v) is 36.2. The predicted molar refractivity (Wildman–Crippen MR) is 260 cm³/mol. The summed E-state index contributed by atoms with van der Waals surface area (Å²) in [5.41, 5.74) is 9.58. The summed E-state index contributed by atoms with van der Waals surface area (Å²) < 4.78 is 0. The molecule has 0 saturated heterocycles. The van der Waals surface area contributed by atoms with Crippen LogP contribution in [-0.4, -0.2) is 10.1 Å². The maximum atomic E-state index is 9.37. The average Bonchev–Trinajstić information content (AvgIpc) is 3.93. The summed E-state index contributed by atoms with van der Waals surface area (Å²) in [7, 11) is 0. The Morgan fingerprint density at radius 1 is 0.424 bits per heavy atom. The number of phenolic OH excluding ortho intramolecular Hbond substituents is 1. The number of rotatable bonds is 3. The van der Waals surface area contributed by atoms with Crippen molar-refractivity contribution in [2.45, 2.75) is 73.6 Å². The first-order valence-electron chi connectivity index (χ1n) is 21.4. The fourth-order valence-electron chi connectivity index (χ4n) is 7.55. The molecule has 0 fully saturated rings. The highest BCUT2D eigenvalue weighted by molar-refractivity contribution is 5.98. The highest BCUT2D eigenvalue weighted by Crippen LogP contribution is 2.36. The Bertz CT molecular complexity index is 2610. The fraction of sp³-hybridized carbons (Fsp3) is 0.193. The lowest BCUT2D eigenvalue weighted by Crippen LogP contribution is -1.88. The highest BCUT2D eigenvalue weighted by Gasteiger charge is 2.17. The van der Waals surface area contributed by atoms with Gasteiger partial charge in [0.1, 0.15) is 5.75 Å². The van der Waals surface area contributed by atoms with Crippen LogP contribution in [0.2, 0.25) is 0 Å². The van der Waals surface area contributed by atoms with Crippen LogP contribution in [0.3, 0.4) is 0 Å². The molecule has 1 aromatic heterocycles. The number of hydrogen-bond acceptors (Lipinski definition) is 1. The lowest BCUT2D eigenvalue weighted by Gasteiger charge is -2.08. The number of fused-ring (bicyclic) bond motifs is 5. The van der Waals surface area contributed by atoms with Crippen molar-refractivity contribution in [2.75, 3.05) is 0 Å². The predicted octanol–water partition coefficient (Wildman–Crippen LogP) is 16.7. The van der Waals surface area contributed by atoms with E-state index in [1.54, 1.807) is 6.07 Å². The van der Waals surface area contributed by atoms with Crippen molar-refractivity contribution in [2.24, 2.45) is 0 Å². The Hall–Kier alpha value is -6.38. The van der Waals surface area contributed by atoms with Gasteiger partial charge in [0, 0.05) is 28.0 Å². The summed E-state index contributed by atoms with van der Waals surface area (Å²) >= 11 is 0. The summed E-state index contributed by atoms with van der Waals surface area (Å²) in [4.78, 5) is 3.36. The molecule has 0 radical (unpaired) electrons. The number of hydrogen-bond donors (Lipinski definition) is 2. The second kappa shape index (κ2) is 22.0. The summed E-state index contributed by atoms with van der Waals surface area (Å²) in [5.74, 6) is 1.56. The van der Waals surface area contributed by atoms with Gasteiger partial charge < -0.3 is 10.1 Å². The van der Waals surface area contributed by atoms with Crippen LogP contribution in [0, 0.1) is 0 Å². The summed E-state index contributed by atoms with van der Waals surface area (Å²) in [6, 6.07) is 60.6. The van der Waals surface area contributed by atoms with Crippen molar-refractivity contribution in [3.8, 4) is 5.75 Å². The smallest absolute Gasteiger partial charge is 0.123 e. The van der Waals surface area contributed by atoms with Gasteiger partial charge in [-0.1, -0.05) is 225 Å². The molecule has 1 heterocycles. The van der Waals surface area contributed by atoms with Crippen LogP contribution in [0.1, 0.15) is 95.0 Å². The maximum Gasteiger partial charge on any atom is 0.123 e. The summed E-state index contributed by atoms with van der Waals surface area (Å²) in [6.45, 7) is 17.0. The van der Waals surface area contributed by atoms with Gasteiger partial charge in [-0.2, -0.15) is 0 Å².